The molecule has 2 aromatic heterocycles. The number of amides is 1. The van der Waals surface area contributed by atoms with Gasteiger partial charge in [0.15, 0.2) is 5.01 Å². The number of ether oxygens (including phenoxy) is 1. The summed E-state index contributed by atoms with van der Waals surface area (Å²) in [5, 5.41) is 4.02. The first-order valence-electron chi connectivity index (χ1n) is 9.56. The van der Waals surface area contributed by atoms with E-state index >= 15 is 0 Å². The van der Waals surface area contributed by atoms with Crippen LogP contribution < -0.4 is 5.32 Å². The molecule has 2 heterocycles. The summed E-state index contributed by atoms with van der Waals surface area (Å²) in [6.07, 6.45) is 4.73. The molecule has 1 atom stereocenters. The zero-order chi connectivity index (χ0) is 21.9. The van der Waals surface area contributed by atoms with E-state index in [2.05, 4.69) is 28.4 Å². The van der Waals surface area contributed by atoms with Crippen molar-refractivity contribution in [3.05, 3.63) is 64.8 Å². The summed E-state index contributed by atoms with van der Waals surface area (Å²) in [5.74, 6) is -0.285. The minimum Gasteiger partial charge on any atom is -0.444 e. The zero-order valence-corrected chi connectivity index (χ0v) is 18.1. The van der Waals surface area contributed by atoms with Crippen LogP contribution in [-0.2, 0) is 11.2 Å². The lowest BCUT2D eigenvalue weighted by Crippen LogP contribution is -2.44. The Morgan fingerprint density at radius 3 is 2.63 bits per heavy atom. The number of carbonyl (C=O) groups is 2. The van der Waals surface area contributed by atoms with E-state index < -0.39 is 17.7 Å². The van der Waals surface area contributed by atoms with Crippen molar-refractivity contribution in [1.29, 1.82) is 0 Å². The number of ketones is 1. The van der Waals surface area contributed by atoms with E-state index in [4.69, 9.17) is 4.74 Å². The first kappa shape index (κ1) is 21.5. The number of hydrogen-bond acceptors (Lipinski definition) is 5. The number of thiazole rings is 1. The van der Waals surface area contributed by atoms with Crippen LogP contribution in [0.25, 0.3) is 23.1 Å². The fourth-order valence-electron chi connectivity index (χ4n) is 3.07. The molecule has 0 bridgehead atoms. The highest BCUT2D eigenvalue weighted by Gasteiger charge is 2.28. The van der Waals surface area contributed by atoms with Gasteiger partial charge in [0.25, 0.3) is 0 Å². The number of rotatable bonds is 7. The molecule has 3 aromatic rings. The Bertz CT molecular complexity index is 1080. The van der Waals surface area contributed by atoms with Crippen molar-refractivity contribution >= 4 is 46.3 Å². The zero-order valence-electron chi connectivity index (χ0n) is 17.3. The molecule has 0 aliphatic rings. The molecule has 0 saturated carbocycles. The van der Waals surface area contributed by atoms with E-state index in [0.717, 1.165) is 21.3 Å². The van der Waals surface area contributed by atoms with Crippen LogP contribution in [0.2, 0.25) is 0 Å². The monoisotopic (exact) mass is 423 g/mol. The van der Waals surface area contributed by atoms with Gasteiger partial charge in [-0.15, -0.1) is 11.3 Å². The summed E-state index contributed by atoms with van der Waals surface area (Å²) < 4.78 is 5.37. The number of Topliss-reactive ketones (excluding diaryl/α,β-unsaturated/α-hetero) is 1. The summed E-state index contributed by atoms with van der Waals surface area (Å²) in [6, 6.07) is 6.98. The minimum atomic E-state index is -0.833. The van der Waals surface area contributed by atoms with Gasteiger partial charge in [0.05, 0.1) is 10.6 Å². The Kier molecular flexibility index (Phi) is 6.22. The van der Waals surface area contributed by atoms with Gasteiger partial charge in [-0.3, -0.25) is 4.79 Å². The third-order valence-electron chi connectivity index (χ3n) is 4.38. The molecule has 3 rings (SSSR count). The fraction of sp³-hybridized carbons (Fsp3) is 0.261. The molecule has 7 heteroatoms. The van der Waals surface area contributed by atoms with E-state index in [1.807, 2.05) is 30.5 Å². The molecule has 1 amide bonds. The van der Waals surface area contributed by atoms with E-state index in [1.54, 1.807) is 32.9 Å². The number of nitrogens with zero attached hydrogens (tertiary/aromatic N) is 1. The molecule has 0 spiro atoms. The predicted molar refractivity (Wildman–Crippen MR) is 122 cm³/mol. The minimum absolute atomic E-state index is 0.285. The van der Waals surface area contributed by atoms with Gasteiger partial charge in [0.1, 0.15) is 11.6 Å². The number of carbonyl (C=O) groups excluding carboxylic acids is 2. The molecular weight excluding hydrogens is 398 g/mol. The van der Waals surface area contributed by atoms with E-state index in [0.29, 0.717) is 17.1 Å². The molecule has 156 valence electrons. The van der Waals surface area contributed by atoms with Crippen molar-refractivity contribution in [3.8, 4) is 0 Å². The highest BCUT2D eigenvalue weighted by atomic mass is 32.1. The summed E-state index contributed by atoms with van der Waals surface area (Å²) in [4.78, 5) is 34.1. The van der Waals surface area contributed by atoms with Crippen LogP contribution in [0, 0.1) is 0 Å². The van der Waals surface area contributed by atoms with Gasteiger partial charge in [0.2, 0.25) is 5.78 Å². The lowest BCUT2D eigenvalue weighted by atomic mass is 10.0. The largest absolute Gasteiger partial charge is 0.444 e. The van der Waals surface area contributed by atoms with Crippen molar-refractivity contribution < 1.29 is 14.3 Å². The van der Waals surface area contributed by atoms with Gasteiger partial charge in [-0.25, -0.2) is 9.78 Å². The lowest BCUT2D eigenvalue weighted by Gasteiger charge is -2.22. The number of hydrogen-bond donors (Lipinski definition) is 2. The number of fused-ring (bicyclic) bond motifs is 1. The second kappa shape index (κ2) is 8.67. The lowest BCUT2D eigenvalue weighted by molar-refractivity contribution is 0.0491. The molecule has 6 nitrogen and oxygen atoms in total. The highest BCUT2D eigenvalue weighted by Crippen LogP contribution is 2.24. The van der Waals surface area contributed by atoms with Crippen LogP contribution in [0.3, 0.4) is 0 Å². The van der Waals surface area contributed by atoms with Crippen LogP contribution in [-0.4, -0.2) is 33.5 Å². The van der Waals surface area contributed by atoms with Gasteiger partial charge in [0, 0.05) is 23.5 Å². The van der Waals surface area contributed by atoms with Crippen molar-refractivity contribution in [2.45, 2.75) is 38.8 Å². The maximum Gasteiger partial charge on any atom is 0.408 e. The molecule has 0 radical (unpaired) electrons. The van der Waals surface area contributed by atoms with Crippen LogP contribution in [0.1, 0.15) is 46.7 Å². The Hall–Kier alpha value is -3.19. The Labute approximate surface area is 179 Å². The molecule has 0 aliphatic carbocycles. The van der Waals surface area contributed by atoms with Crippen molar-refractivity contribution in [2.24, 2.45) is 0 Å². The van der Waals surface area contributed by atoms with E-state index in [1.165, 1.54) is 11.3 Å². The molecule has 30 heavy (non-hydrogen) atoms. The molecule has 1 aromatic carbocycles. The number of alkyl carbamates (subject to hydrolysis) is 1. The first-order chi connectivity index (χ1) is 14.2. The average Bonchev–Trinajstić information content (AvgIpc) is 3.29. The van der Waals surface area contributed by atoms with Crippen LogP contribution in [0.4, 0.5) is 4.79 Å². The van der Waals surface area contributed by atoms with Crippen LogP contribution in [0.15, 0.2) is 43.6 Å². The normalized spacial score (nSPS) is 12.4. The third-order valence-corrected chi connectivity index (χ3v) is 5.46. The Balaban J connectivity index is 1.93. The SMILES string of the molecule is C=Cc1nc(C(=O)[C@H](Cc2c[nH]c3ccccc23)NC(=O)OC(C)(C)C)sc1C=C. The van der Waals surface area contributed by atoms with Crippen LogP contribution in [0.5, 0.6) is 0 Å². The number of benzene rings is 1. The second-order valence-electron chi connectivity index (χ2n) is 7.80. The van der Waals surface area contributed by atoms with Gasteiger partial charge >= 0.3 is 6.09 Å². The van der Waals surface area contributed by atoms with Gasteiger partial charge in [-0.2, -0.15) is 0 Å². The molecule has 0 saturated heterocycles. The number of aromatic nitrogens is 2. The maximum absolute atomic E-state index is 13.3. The van der Waals surface area contributed by atoms with Crippen molar-refractivity contribution in [3.63, 3.8) is 0 Å². The summed E-state index contributed by atoms with van der Waals surface area (Å²) in [7, 11) is 0. The summed E-state index contributed by atoms with van der Waals surface area (Å²) in [6.45, 7) is 12.8. The number of para-hydroxylation sites is 1. The molecular formula is C23H25N3O3S. The standard InChI is InChI=1S/C23H25N3O3S/c1-6-16-19(7-2)30-21(25-16)20(27)18(26-22(28)29-23(3,4)5)12-14-13-24-17-11-9-8-10-15(14)17/h6-11,13,18,24H,1-2,12H2,3-5H3,(H,26,28)/t18-/m0/s1. The average molecular weight is 424 g/mol. The molecule has 0 aliphatic heterocycles. The molecule has 0 unspecified atom stereocenters. The number of nitrogens with one attached hydrogen (secondary N) is 2. The van der Waals surface area contributed by atoms with E-state index in [9.17, 15) is 9.59 Å². The summed E-state index contributed by atoms with van der Waals surface area (Å²) >= 11 is 1.23. The molecule has 0 fully saturated rings. The Morgan fingerprint density at radius 1 is 1.27 bits per heavy atom. The van der Waals surface area contributed by atoms with Crippen LogP contribution >= 0.6 is 11.3 Å². The van der Waals surface area contributed by atoms with E-state index in [-0.39, 0.29) is 5.78 Å². The maximum atomic E-state index is 13.3. The summed E-state index contributed by atoms with van der Waals surface area (Å²) in [5.41, 5.74) is 1.81. The van der Waals surface area contributed by atoms with Gasteiger partial charge in [-0.05, 0) is 44.6 Å². The second-order valence-corrected chi connectivity index (χ2v) is 8.83. The first-order valence-corrected chi connectivity index (χ1v) is 10.4. The molecule has 2 N–H and O–H groups in total. The highest BCUT2D eigenvalue weighted by molar-refractivity contribution is 7.14. The van der Waals surface area contributed by atoms with Gasteiger partial charge < -0.3 is 15.0 Å². The fourth-order valence-corrected chi connectivity index (χ4v) is 3.98. The quantitative estimate of drug-likeness (QED) is 0.510. The number of aromatic amines is 1. The smallest absolute Gasteiger partial charge is 0.408 e. The topological polar surface area (TPSA) is 84.1 Å². The Morgan fingerprint density at radius 2 is 2.00 bits per heavy atom. The third kappa shape index (κ3) is 4.86. The number of H-pyrrole nitrogens is 1. The van der Waals surface area contributed by atoms with Crippen molar-refractivity contribution in [1.82, 2.24) is 15.3 Å². The predicted octanol–water partition coefficient (Wildman–Crippen LogP) is 5.23. The van der Waals surface area contributed by atoms with Gasteiger partial charge in [-0.1, -0.05) is 31.4 Å². The van der Waals surface area contributed by atoms with Crippen molar-refractivity contribution in [2.75, 3.05) is 0 Å².